The highest BCUT2D eigenvalue weighted by Crippen LogP contribution is 2.15. The molecule has 0 unspecified atom stereocenters. The van der Waals surface area contributed by atoms with E-state index in [2.05, 4.69) is 35.1 Å². The van der Waals surface area contributed by atoms with E-state index in [9.17, 15) is 0 Å². The van der Waals surface area contributed by atoms with E-state index in [-0.39, 0.29) is 0 Å². The van der Waals surface area contributed by atoms with Gasteiger partial charge in [0.05, 0.1) is 7.11 Å². The molecule has 1 fully saturated rings. The molecular weight excluding hydrogens is 214 g/mol. The molecular formula is C13H21N3O. The monoisotopic (exact) mass is 235 g/mol. The molecule has 4 heteroatoms. The molecule has 1 saturated heterocycles. The van der Waals surface area contributed by atoms with E-state index >= 15 is 0 Å². The molecule has 0 bridgehead atoms. The maximum Gasteiger partial charge on any atom is 0.212 e. The maximum atomic E-state index is 5.07. The van der Waals surface area contributed by atoms with Gasteiger partial charge in [0.2, 0.25) is 5.88 Å². The van der Waals surface area contributed by atoms with Crippen molar-refractivity contribution in [2.75, 3.05) is 20.2 Å². The number of hydrogen-bond acceptors (Lipinski definition) is 4. The number of nitrogens with one attached hydrogen (secondary N) is 1. The molecule has 2 heterocycles. The van der Waals surface area contributed by atoms with E-state index in [4.69, 9.17) is 4.74 Å². The normalized spacial score (nSPS) is 25.8. The first-order valence-corrected chi connectivity index (χ1v) is 6.16. The van der Waals surface area contributed by atoms with Gasteiger partial charge in [0.25, 0.3) is 0 Å². The van der Waals surface area contributed by atoms with Crippen LogP contribution in [0.25, 0.3) is 0 Å². The van der Waals surface area contributed by atoms with Crippen molar-refractivity contribution in [1.82, 2.24) is 15.2 Å². The molecule has 1 N–H and O–H groups in total. The Morgan fingerprint density at radius 3 is 2.59 bits per heavy atom. The Hall–Kier alpha value is -1.13. The van der Waals surface area contributed by atoms with Crippen LogP contribution in [0, 0.1) is 0 Å². The van der Waals surface area contributed by atoms with Gasteiger partial charge in [0.1, 0.15) is 0 Å². The Morgan fingerprint density at radius 1 is 1.35 bits per heavy atom. The summed E-state index contributed by atoms with van der Waals surface area (Å²) in [4.78, 5) is 6.76. The van der Waals surface area contributed by atoms with Gasteiger partial charge in [-0.3, -0.25) is 4.90 Å². The van der Waals surface area contributed by atoms with Crippen LogP contribution in [-0.2, 0) is 6.54 Å². The van der Waals surface area contributed by atoms with Gasteiger partial charge in [0.15, 0.2) is 0 Å². The third-order valence-electron chi connectivity index (χ3n) is 3.38. The first kappa shape index (κ1) is 12.3. The molecule has 1 aromatic rings. The number of rotatable bonds is 3. The van der Waals surface area contributed by atoms with Crippen molar-refractivity contribution in [2.45, 2.75) is 32.5 Å². The van der Waals surface area contributed by atoms with Crippen molar-refractivity contribution in [3.63, 3.8) is 0 Å². The Labute approximate surface area is 103 Å². The lowest BCUT2D eigenvalue weighted by molar-refractivity contribution is 0.108. The highest BCUT2D eigenvalue weighted by molar-refractivity contribution is 5.18. The van der Waals surface area contributed by atoms with Crippen LogP contribution in [0.2, 0.25) is 0 Å². The zero-order chi connectivity index (χ0) is 12.3. The van der Waals surface area contributed by atoms with Crippen LogP contribution in [0.3, 0.4) is 0 Å². The largest absolute Gasteiger partial charge is 0.481 e. The van der Waals surface area contributed by atoms with Crippen LogP contribution in [0.15, 0.2) is 18.3 Å². The molecule has 0 amide bonds. The summed E-state index contributed by atoms with van der Waals surface area (Å²) in [6.45, 7) is 7.61. The Bertz CT molecular complexity index is 342. The topological polar surface area (TPSA) is 37.4 Å². The molecule has 2 atom stereocenters. The molecule has 1 aliphatic heterocycles. The molecule has 0 radical (unpaired) electrons. The predicted octanol–water partition coefficient (Wildman–Crippen LogP) is 1.27. The molecule has 2 rings (SSSR count). The lowest BCUT2D eigenvalue weighted by Gasteiger charge is -2.39. The molecule has 1 aromatic heterocycles. The first-order valence-electron chi connectivity index (χ1n) is 6.16. The molecule has 17 heavy (non-hydrogen) atoms. The highest BCUT2D eigenvalue weighted by atomic mass is 16.5. The summed E-state index contributed by atoms with van der Waals surface area (Å²) in [7, 11) is 1.64. The minimum absolute atomic E-state index is 0.570. The minimum Gasteiger partial charge on any atom is -0.481 e. The third kappa shape index (κ3) is 2.96. The summed E-state index contributed by atoms with van der Waals surface area (Å²) in [6, 6.07) is 5.15. The van der Waals surface area contributed by atoms with Gasteiger partial charge in [-0.25, -0.2) is 4.98 Å². The van der Waals surface area contributed by atoms with E-state index in [1.165, 1.54) is 5.56 Å². The molecule has 0 spiro atoms. The number of nitrogens with zero attached hydrogens (tertiary/aromatic N) is 2. The van der Waals surface area contributed by atoms with Gasteiger partial charge in [-0.1, -0.05) is 6.07 Å². The van der Waals surface area contributed by atoms with E-state index in [1.807, 2.05) is 12.3 Å². The van der Waals surface area contributed by atoms with Crippen molar-refractivity contribution in [2.24, 2.45) is 0 Å². The average molecular weight is 235 g/mol. The van der Waals surface area contributed by atoms with E-state index < -0.39 is 0 Å². The second-order valence-corrected chi connectivity index (χ2v) is 4.74. The van der Waals surface area contributed by atoms with Crippen molar-refractivity contribution in [1.29, 1.82) is 0 Å². The number of hydrogen-bond donors (Lipinski definition) is 1. The summed E-state index contributed by atoms with van der Waals surface area (Å²) in [5, 5.41) is 3.44. The molecule has 0 aliphatic carbocycles. The van der Waals surface area contributed by atoms with Crippen molar-refractivity contribution < 1.29 is 4.74 Å². The second-order valence-electron chi connectivity index (χ2n) is 4.74. The number of aromatic nitrogens is 1. The van der Waals surface area contributed by atoms with Crippen LogP contribution in [0.4, 0.5) is 0 Å². The van der Waals surface area contributed by atoms with Gasteiger partial charge >= 0.3 is 0 Å². The number of methoxy groups -OCH3 is 1. The average Bonchev–Trinajstić information content (AvgIpc) is 2.35. The Kier molecular flexibility index (Phi) is 3.97. The van der Waals surface area contributed by atoms with Crippen molar-refractivity contribution in [3.05, 3.63) is 23.9 Å². The van der Waals surface area contributed by atoms with Crippen LogP contribution < -0.4 is 10.1 Å². The standard InChI is InChI=1S/C13H21N3O/c1-10-6-14-7-11(2)16(10)9-12-4-5-13(17-3)15-8-12/h4-5,8,10-11,14H,6-7,9H2,1-3H3/t10-,11+. The zero-order valence-corrected chi connectivity index (χ0v) is 10.8. The molecule has 1 aliphatic rings. The Balaban J connectivity index is 2.03. The lowest BCUT2D eigenvalue weighted by atomic mass is 10.1. The molecule has 0 aromatic carbocycles. The number of ether oxygens (including phenoxy) is 1. The summed E-state index contributed by atoms with van der Waals surface area (Å²) < 4.78 is 5.07. The SMILES string of the molecule is COc1ccc(CN2[C@H](C)CNC[C@@H]2C)cn1. The van der Waals surface area contributed by atoms with Crippen LogP contribution in [-0.4, -0.2) is 42.2 Å². The van der Waals surface area contributed by atoms with Gasteiger partial charge in [0, 0.05) is 44.0 Å². The van der Waals surface area contributed by atoms with E-state index in [0.29, 0.717) is 18.0 Å². The zero-order valence-electron chi connectivity index (χ0n) is 10.8. The van der Waals surface area contributed by atoms with Gasteiger partial charge in [-0.05, 0) is 19.4 Å². The van der Waals surface area contributed by atoms with Gasteiger partial charge in [-0.2, -0.15) is 0 Å². The van der Waals surface area contributed by atoms with Gasteiger partial charge in [-0.15, -0.1) is 0 Å². The Morgan fingerprint density at radius 2 is 2.06 bits per heavy atom. The fourth-order valence-electron chi connectivity index (χ4n) is 2.32. The van der Waals surface area contributed by atoms with Crippen molar-refractivity contribution >= 4 is 0 Å². The van der Waals surface area contributed by atoms with Crippen LogP contribution in [0.5, 0.6) is 5.88 Å². The second kappa shape index (κ2) is 5.47. The van der Waals surface area contributed by atoms with Crippen molar-refractivity contribution in [3.8, 4) is 5.88 Å². The van der Waals surface area contributed by atoms with E-state index in [0.717, 1.165) is 19.6 Å². The fraction of sp³-hybridized carbons (Fsp3) is 0.615. The molecule has 0 saturated carbocycles. The number of piperazine rings is 1. The molecule has 94 valence electrons. The van der Waals surface area contributed by atoms with Crippen LogP contribution in [0.1, 0.15) is 19.4 Å². The fourth-order valence-corrected chi connectivity index (χ4v) is 2.32. The maximum absolute atomic E-state index is 5.07. The van der Waals surface area contributed by atoms with E-state index in [1.54, 1.807) is 7.11 Å². The smallest absolute Gasteiger partial charge is 0.212 e. The quantitative estimate of drug-likeness (QED) is 0.856. The van der Waals surface area contributed by atoms with Gasteiger partial charge < -0.3 is 10.1 Å². The predicted molar refractivity (Wildman–Crippen MR) is 68.1 cm³/mol. The third-order valence-corrected chi connectivity index (χ3v) is 3.38. The summed E-state index contributed by atoms with van der Waals surface area (Å²) in [5.74, 6) is 0.676. The highest BCUT2D eigenvalue weighted by Gasteiger charge is 2.24. The summed E-state index contributed by atoms with van der Waals surface area (Å²) in [6.07, 6.45) is 1.90. The van der Waals surface area contributed by atoms with Crippen LogP contribution >= 0.6 is 0 Å². The summed E-state index contributed by atoms with van der Waals surface area (Å²) in [5.41, 5.74) is 1.24. The lowest BCUT2D eigenvalue weighted by Crippen LogP contribution is -2.54. The summed E-state index contributed by atoms with van der Waals surface area (Å²) >= 11 is 0. The molecule has 4 nitrogen and oxygen atoms in total. The minimum atomic E-state index is 0.570. The number of pyridine rings is 1. The first-order chi connectivity index (χ1) is 8.20.